The molecule has 3 aromatic heterocycles. The first-order valence-electron chi connectivity index (χ1n) is 11.4. The molecule has 5 aromatic rings. The highest BCUT2D eigenvalue weighted by Gasteiger charge is 2.17. The number of pyridine rings is 1. The van der Waals surface area contributed by atoms with Crippen molar-refractivity contribution in [1.29, 1.82) is 0 Å². The Labute approximate surface area is 198 Å². The number of carbonyl (C=O) groups is 1. The number of aryl methyl sites for hydroxylation is 2. The summed E-state index contributed by atoms with van der Waals surface area (Å²) in [6, 6.07) is 22.4. The monoisotopic (exact) mass is 449 g/mol. The molecular formula is C28H27N5O. The van der Waals surface area contributed by atoms with Crippen LogP contribution >= 0.6 is 0 Å². The minimum atomic E-state index is -0.137. The summed E-state index contributed by atoms with van der Waals surface area (Å²) >= 11 is 0. The number of hydrogen-bond donors (Lipinski definition) is 1. The van der Waals surface area contributed by atoms with Gasteiger partial charge in [-0.15, -0.1) is 0 Å². The smallest absolute Gasteiger partial charge is 0.242 e. The summed E-state index contributed by atoms with van der Waals surface area (Å²) in [6.45, 7) is 6.14. The van der Waals surface area contributed by atoms with Crippen LogP contribution in [0.3, 0.4) is 0 Å². The summed E-state index contributed by atoms with van der Waals surface area (Å²) in [4.78, 5) is 17.5. The van der Waals surface area contributed by atoms with Crippen LogP contribution in [0.2, 0.25) is 0 Å². The van der Waals surface area contributed by atoms with Crippen LogP contribution in [0, 0.1) is 13.8 Å². The molecule has 34 heavy (non-hydrogen) atoms. The van der Waals surface area contributed by atoms with Crippen molar-refractivity contribution in [2.24, 2.45) is 0 Å². The number of fused-ring (bicyclic) bond motifs is 1. The molecule has 1 N–H and O–H groups in total. The highest BCUT2D eigenvalue weighted by Crippen LogP contribution is 2.30. The zero-order valence-corrected chi connectivity index (χ0v) is 19.6. The molecule has 2 aromatic carbocycles. The van der Waals surface area contributed by atoms with E-state index in [1.165, 1.54) is 5.56 Å². The van der Waals surface area contributed by atoms with Crippen molar-refractivity contribution in [2.45, 2.75) is 33.4 Å². The predicted molar refractivity (Wildman–Crippen MR) is 135 cm³/mol. The summed E-state index contributed by atoms with van der Waals surface area (Å²) < 4.78 is 3.74. The van der Waals surface area contributed by atoms with Gasteiger partial charge < -0.3 is 9.88 Å². The fraction of sp³-hybridized carbons (Fsp3) is 0.179. The van der Waals surface area contributed by atoms with E-state index in [0.29, 0.717) is 5.65 Å². The quantitative estimate of drug-likeness (QED) is 0.378. The van der Waals surface area contributed by atoms with Crippen LogP contribution in [0.25, 0.3) is 27.8 Å². The van der Waals surface area contributed by atoms with Gasteiger partial charge in [0.1, 0.15) is 6.54 Å². The molecule has 1 atom stereocenters. The zero-order chi connectivity index (χ0) is 23.7. The lowest BCUT2D eigenvalue weighted by molar-refractivity contribution is -0.122. The number of benzene rings is 2. The van der Waals surface area contributed by atoms with Gasteiger partial charge in [-0.05, 0) is 67.8 Å². The van der Waals surface area contributed by atoms with Gasteiger partial charge in [0.05, 0.1) is 11.7 Å². The van der Waals surface area contributed by atoms with Crippen molar-refractivity contribution in [2.75, 3.05) is 0 Å². The number of nitrogens with zero attached hydrogens (tertiary/aromatic N) is 4. The molecule has 1 amide bonds. The Morgan fingerprint density at radius 1 is 1.00 bits per heavy atom. The standard InChI is InChI=1S/C28H27N5O/c1-19-9-11-22(12-10-19)25-13-14-29-28-27(25)21(3)31-33(28)18-26(34)30-20(2)23-7-6-8-24(17-23)32-15-4-5-16-32/h4-17,20H,18H2,1-3H3,(H,30,34). The summed E-state index contributed by atoms with van der Waals surface area (Å²) in [5.74, 6) is -0.106. The highest BCUT2D eigenvalue weighted by atomic mass is 16.2. The normalized spacial score (nSPS) is 12.1. The fourth-order valence-corrected chi connectivity index (χ4v) is 4.33. The lowest BCUT2D eigenvalue weighted by Crippen LogP contribution is -2.30. The predicted octanol–water partition coefficient (Wildman–Crippen LogP) is 5.38. The molecule has 0 fully saturated rings. The molecule has 0 bridgehead atoms. The molecule has 6 heteroatoms. The number of rotatable bonds is 6. The van der Waals surface area contributed by atoms with Crippen LogP contribution < -0.4 is 5.32 Å². The average Bonchev–Trinajstić information content (AvgIpc) is 3.48. The van der Waals surface area contributed by atoms with E-state index in [9.17, 15) is 4.79 Å². The van der Waals surface area contributed by atoms with E-state index < -0.39 is 0 Å². The van der Waals surface area contributed by atoms with Gasteiger partial charge in [0.15, 0.2) is 5.65 Å². The molecule has 3 heterocycles. The number of amides is 1. The van der Waals surface area contributed by atoms with E-state index in [1.807, 2.05) is 67.2 Å². The molecule has 0 saturated carbocycles. The molecule has 1 unspecified atom stereocenters. The van der Waals surface area contributed by atoms with Gasteiger partial charge in [-0.1, -0.05) is 42.0 Å². The molecule has 170 valence electrons. The first-order valence-corrected chi connectivity index (χ1v) is 11.4. The maximum Gasteiger partial charge on any atom is 0.242 e. The van der Waals surface area contributed by atoms with E-state index in [2.05, 4.69) is 52.7 Å². The van der Waals surface area contributed by atoms with Crippen molar-refractivity contribution in [3.8, 4) is 16.8 Å². The van der Waals surface area contributed by atoms with Crippen molar-refractivity contribution >= 4 is 16.9 Å². The third kappa shape index (κ3) is 4.22. The van der Waals surface area contributed by atoms with Gasteiger partial charge in [-0.25, -0.2) is 9.67 Å². The van der Waals surface area contributed by atoms with Gasteiger partial charge in [-0.2, -0.15) is 5.10 Å². The van der Waals surface area contributed by atoms with Crippen LogP contribution in [0.1, 0.15) is 29.8 Å². The molecule has 0 radical (unpaired) electrons. The third-order valence-electron chi connectivity index (χ3n) is 6.11. The van der Waals surface area contributed by atoms with Crippen LogP contribution in [0.4, 0.5) is 0 Å². The third-order valence-corrected chi connectivity index (χ3v) is 6.11. The average molecular weight is 450 g/mol. The topological polar surface area (TPSA) is 64.7 Å². The molecule has 0 aliphatic rings. The van der Waals surface area contributed by atoms with Crippen LogP contribution in [-0.4, -0.2) is 25.2 Å². The van der Waals surface area contributed by atoms with Crippen molar-refractivity contribution in [3.05, 3.63) is 102 Å². The summed E-state index contributed by atoms with van der Waals surface area (Å²) in [7, 11) is 0. The van der Waals surface area contributed by atoms with Crippen LogP contribution in [0.15, 0.2) is 85.3 Å². The Balaban J connectivity index is 1.36. The van der Waals surface area contributed by atoms with E-state index in [1.54, 1.807) is 10.9 Å². The molecule has 0 aliphatic heterocycles. The lowest BCUT2D eigenvalue weighted by Gasteiger charge is -2.16. The number of aromatic nitrogens is 4. The van der Waals surface area contributed by atoms with E-state index in [-0.39, 0.29) is 18.5 Å². The minimum Gasteiger partial charge on any atom is -0.348 e. The lowest BCUT2D eigenvalue weighted by atomic mass is 10.0. The van der Waals surface area contributed by atoms with Gasteiger partial charge in [-0.3, -0.25) is 4.79 Å². The first kappa shape index (κ1) is 21.6. The minimum absolute atomic E-state index is 0.106. The van der Waals surface area contributed by atoms with E-state index >= 15 is 0 Å². The van der Waals surface area contributed by atoms with Crippen LogP contribution in [0.5, 0.6) is 0 Å². The van der Waals surface area contributed by atoms with Crippen molar-refractivity contribution < 1.29 is 4.79 Å². The Hall–Kier alpha value is -4.19. The van der Waals surface area contributed by atoms with Gasteiger partial charge in [0.2, 0.25) is 5.91 Å². The number of hydrogen-bond acceptors (Lipinski definition) is 3. The Kier molecular flexibility index (Phi) is 5.72. The second-order valence-electron chi connectivity index (χ2n) is 8.64. The Morgan fingerprint density at radius 3 is 2.53 bits per heavy atom. The number of carbonyl (C=O) groups excluding carboxylic acids is 1. The largest absolute Gasteiger partial charge is 0.348 e. The molecular weight excluding hydrogens is 422 g/mol. The SMILES string of the molecule is Cc1ccc(-c2ccnc3c2c(C)nn3CC(=O)NC(C)c2cccc(-n3cccc3)c2)cc1. The van der Waals surface area contributed by atoms with Crippen LogP contribution in [-0.2, 0) is 11.3 Å². The summed E-state index contributed by atoms with van der Waals surface area (Å²) in [6.07, 6.45) is 5.79. The number of nitrogens with one attached hydrogen (secondary N) is 1. The molecule has 5 rings (SSSR count). The second kappa shape index (κ2) is 8.98. The van der Waals surface area contributed by atoms with Crippen molar-refractivity contribution in [1.82, 2.24) is 24.6 Å². The van der Waals surface area contributed by atoms with Gasteiger partial charge in [0.25, 0.3) is 0 Å². The Morgan fingerprint density at radius 2 is 1.76 bits per heavy atom. The van der Waals surface area contributed by atoms with Crippen molar-refractivity contribution in [3.63, 3.8) is 0 Å². The van der Waals surface area contributed by atoms with Gasteiger partial charge >= 0.3 is 0 Å². The fourth-order valence-electron chi connectivity index (χ4n) is 4.33. The first-order chi connectivity index (χ1) is 16.5. The molecule has 0 aliphatic carbocycles. The molecule has 6 nitrogen and oxygen atoms in total. The Bertz CT molecular complexity index is 1450. The summed E-state index contributed by atoms with van der Waals surface area (Å²) in [5, 5.41) is 8.74. The van der Waals surface area contributed by atoms with E-state index in [4.69, 9.17) is 0 Å². The molecule has 0 spiro atoms. The maximum absolute atomic E-state index is 13.0. The second-order valence-corrected chi connectivity index (χ2v) is 8.64. The maximum atomic E-state index is 13.0. The molecule has 0 saturated heterocycles. The highest BCUT2D eigenvalue weighted by molar-refractivity contribution is 5.95. The zero-order valence-electron chi connectivity index (χ0n) is 19.6. The van der Waals surface area contributed by atoms with E-state index in [0.717, 1.165) is 33.5 Å². The summed E-state index contributed by atoms with van der Waals surface area (Å²) in [5.41, 5.74) is 7.08. The van der Waals surface area contributed by atoms with Gasteiger partial charge in [0, 0.05) is 29.7 Å².